The fourth-order valence-electron chi connectivity index (χ4n) is 2.32. The van der Waals surface area contributed by atoms with Crippen molar-refractivity contribution in [3.05, 3.63) is 73.1 Å². The minimum Gasteiger partial charge on any atom is -0.496 e. The first-order chi connectivity index (χ1) is 12.0. The van der Waals surface area contributed by atoms with E-state index in [0.717, 1.165) is 25.8 Å². The van der Waals surface area contributed by atoms with E-state index in [1.54, 1.807) is 19.4 Å². The number of nitrogens with zero attached hydrogens (tertiary/aromatic N) is 2. The summed E-state index contributed by atoms with van der Waals surface area (Å²) in [5, 5.41) is 6.17. The molecule has 0 saturated heterocycles. The van der Waals surface area contributed by atoms with Gasteiger partial charge in [0, 0.05) is 21.6 Å². The van der Waals surface area contributed by atoms with E-state index in [4.69, 9.17) is 4.74 Å². The number of rotatable bonds is 6. The number of aromatic nitrogens is 2. The molecule has 4 nitrogen and oxygen atoms in total. The lowest BCUT2D eigenvalue weighted by Gasteiger charge is -2.09. The highest BCUT2D eigenvalue weighted by Gasteiger charge is 2.07. The van der Waals surface area contributed by atoms with Gasteiger partial charge in [-0.3, -0.25) is 9.48 Å². The van der Waals surface area contributed by atoms with Crippen molar-refractivity contribution < 1.29 is 9.53 Å². The van der Waals surface area contributed by atoms with Gasteiger partial charge in [-0.15, -0.1) is 11.3 Å². The minimum absolute atomic E-state index is 0.0101. The van der Waals surface area contributed by atoms with Crippen LogP contribution in [0.15, 0.2) is 57.1 Å². The van der Waals surface area contributed by atoms with E-state index in [0.29, 0.717) is 11.4 Å². The Labute approximate surface area is 166 Å². The summed E-state index contributed by atoms with van der Waals surface area (Å²) in [6, 6.07) is 7.66. The number of carbonyl (C=O) groups excluding carboxylic acids is 1. The van der Waals surface area contributed by atoms with Crippen molar-refractivity contribution in [1.82, 2.24) is 9.78 Å². The molecule has 0 amide bonds. The minimum atomic E-state index is -0.0101. The molecule has 0 bridgehead atoms. The van der Waals surface area contributed by atoms with Gasteiger partial charge in [0.15, 0.2) is 5.78 Å². The Bertz CT molecular complexity index is 931. The summed E-state index contributed by atoms with van der Waals surface area (Å²) in [4.78, 5) is 12.9. The zero-order valence-electron chi connectivity index (χ0n) is 13.3. The number of allylic oxidation sites excluding steroid dienone is 1. The van der Waals surface area contributed by atoms with Crippen LogP contribution in [0.25, 0.3) is 6.08 Å². The second-order valence-corrected chi connectivity index (χ2v) is 8.00. The Morgan fingerprint density at radius 1 is 1.32 bits per heavy atom. The van der Waals surface area contributed by atoms with E-state index in [1.165, 1.54) is 11.3 Å². The van der Waals surface area contributed by atoms with Crippen molar-refractivity contribution in [1.29, 1.82) is 0 Å². The molecule has 0 N–H and O–H groups in total. The number of hydrogen-bond acceptors (Lipinski definition) is 4. The summed E-state index contributed by atoms with van der Waals surface area (Å²) < 4.78 is 9.10. The van der Waals surface area contributed by atoms with Gasteiger partial charge in [-0.25, -0.2) is 0 Å². The largest absolute Gasteiger partial charge is 0.496 e. The molecule has 0 spiro atoms. The quantitative estimate of drug-likeness (QED) is 0.348. The highest BCUT2D eigenvalue weighted by atomic mass is 79.9. The Morgan fingerprint density at radius 3 is 2.80 bits per heavy atom. The van der Waals surface area contributed by atoms with Gasteiger partial charge in [-0.1, -0.05) is 12.1 Å². The van der Waals surface area contributed by atoms with E-state index in [1.807, 2.05) is 46.6 Å². The van der Waals surface area contributed by atoms with Crippen molar-refractivity contribution >= 4 is 55.1 Å². The zero-order valence-corrected chi connectivity index (χ0v) is 17.3. The summed E-state index contributed by atoms with van der Waals surface area (Å²) in [6.45, 7) is 0.586. The Balaban J connectivity index is 1.81. The van der Waals surface area contributed by atoms with Gasteiger partial charge in [0.25, 0.3) is 0 Å². The molecular weight excluding hydrogens is 468 g/mol. The van der Waals surface area contributed by atoms with Crippen molar-refractivity contribution in [2.75, 3.05) is 7.11 Å². The molecule has 0 fully saturated rings. The van der Waals surface area contributed by atoms with E-state index in [-0.39, 0.29) is 5.78 Å². The third-order valence-corrected chi connectivity index (χ3v) is 5.59. The van der Waals surface area contributed by atoms with Gasteiger partial charge in [0.1, 0.15) is 5.75 Å². The zero-order chi connectivity index (χ0) is 17.8. The monoisotopic (exact) mass is 480 g/mol. The van der Waals surface area contributed by atoms with Gasteiger partial charge in [0.2, 0.25) is 0 Å². The fourth-order valence-corrected chi connectivity index (χ4v) is 4.00. The lowest BCUT2D eigenvalue weighted by Crippen LogP contribution is -2.02. The van der Waals surface area contributed by atoms with Gasteiger partial charge < -0.3 is 4.74 Å². The summed E-state index contributed by atoms with van der Waals surface area (Å²) in [5.74, 6) is 0.779. The molecule has 1 aromatic carbocycles. The summed E-state index contributed by atoms with van der Waals surface area (Å²) in [7, 11) is 1.64. The summed E-state index contributed by atoms with van der Waals surface area (Å²) in [6.07, 6.45) is 7.06. The van der Waals surface area contributed by atoms with Crippen LogP contribution in [0.2, 0.25) is 0 Å². The molecule has 0 saturated carbocycles. The topological polar surface area (TPSA) is 44.1 Å². The summed E-state index contributed by atoms with van der Waals surface area (Å²) >= 11 is 8.18. The van der Waals surface area contributed by atoms with Crippen LogP contribution in [0.4, 0.5) is 0 Å². The molecule has 25 heavy (non-hydrogen) atoms. The number of halogens is 2. The molecule has 0 atom stereocenters. The normalized spacial score (nSPS) is 11.2. The van der Waals surface area contributed by atoms with Crippen LogP contribution in [-0.4, -0.2) is 22.7 Å². The molecule has 2 heterocycles. The summed E-state index contributed by atoms with van der Waals surface area (Å²) in [5.41, 5.74) is 1.93. The first-order valence-corrected chi connectivity index (χ1v) is 9.83. The number of ketones is 1. The highest BCUT2D eigenvalue weighted by Crippen LogP contribution is 2.23. The third-order valence-electron chi connectivity index (χ3n) is 3.48. The second kappa shape index (κ2) is 8.12. The number of carbonyl (C=O) groups is 1. The van der Waals surface area contributed by atoms with Crippen LogP contribution in [0.1, 0.15) is 20.8 Å². The van der Waals surface area contributed by atoms with Gasteiger partial charge in [0.05, 0.1) is 29.2 Å². The molecular formula is C18H14Br2N2O2S. The standard InChI is InChI=1S/C18H14Br2N2O2S/c1-24-17-5-3-12(2-4-16(23)18-7-14(19)11-25-18)6-13(17)9-22-10-15(20)8-21-22/h2-8,10-11H,9H2,1H3/b4-2+. The molecule has 0 radical (unpaired) electrons. The fraction of sp³-hybridized carbons (Fsp3) is 0.111. The molecule has 0 unspecified atom stereocenters. The number of methoxy groups -OCH3 is 1. The van der Waals surface area contributed by atoms with Crippen molar-refractivity contribution in [2.24, 2.45) is 0 Å². The lowest BCUT2D eigenvalue weighted by molar-refractivity contribution is 0.105. The maximum absolute atomic E-state index is 12.2. The van der Waals surface area contributed by atoms with Crippen molar-refractivity contribution in [3.63, 3.8) is 0 Å². The molecule has 0 aliphatic carbocycles. The maximum atomic E-state index is 12.2. The van der Waals surface area contributed by atoms with Crippen LogP contribution < -0.4 is 4.74 Å². The Kier molecular flexibility index (Phi) is 5.88. The van der Waals surface area contributed by atoms with Gasteiger partial charge >= 0.3 is 0 Å². The average molecular weight is 482 g/mol. The van der Waals surface area contributed by atoms with Crippen molar-refractivity contribution in [2.45, 2.75) is 6.54 Å². The Hall–Kier alpha value is -1.70. The molecule has 3 aromatic rings. The lowest BCUT2D eigenvalue weighted by atomic mass is 10.1. The molecule has 0 aliphatic rings. The first-order valence-electron chi connectivity index (χ1n) is 7.36. The van der Waals surface area contributed by atoms with Gasteiger partial charge in [-0.2, -0.15) is 5.10 Å². The van der Waals surface area contributed by atoms with E-state index < -0.39 is 0 Å². The molecule has 3 rings (SSSR count). The van der Waals surface area contributed by atoms with E-state index in [9.17, 15) is 4.79 Å². The molecule has 2 aromatic heterocycles. The number of hydrogen-bond donors (Lipinski definition) is 0. The molecule has 0 aliphatic heterocycles. The second-order valence-electron chi connectivity index (χ2n) is 5.25. The molecule has 7 heteroatoms. The van der Waals surface area contributed by atoms with Crippen LogP contribution in [0.3, 0.4) is 0 Å². The van der Waals surface area contributed by atoms with Crippen LogP contribution in [0, 0.1) is 0 Å². The number of ether oxygens (including phenoxy) is 1. The smallest absolute Gasteiger partial charge is 0.195 e. The third kappa shape index (κ3) is 4.68. The SMILES string of the molecule is COc1ccc(/C=C/C(=O)c2cc(Br)cs2)cc1Cn1cc(Br)cn1. The number of thiophene rings is 1. The van der Waals surface area contributed by atoms with Crippen LogP contribution in [0.5, 0.6) is 5.75 Å². The van der Waals surface area contributed by atoms with Crippen LogP contribution in [-0.2, 0) is 6.54 Å². The average Bonchev–Trinajstić information content (AvgIpc) is 3.21. The van der Waals surface area contributed by atoms with E-state index in [2.05, 4.69) is 37.0 Å². The van der Waals surface area contributed by atoms with Crippen LogP contribution >= 0.6 is 43.2 Å². The molecule has 128 valence electrons. The number of benzene rings is 1. The van der Waals surface area contributed by atoms with Crippen molar-refractivity contribution in [3.8, 4) is 5.75 Å². The highest BCUT2D eigenvalue weighted by molar-refractivity contribution is 9.10. The predicted molar refractivity (Wildman–Crippen MR) is 107 cm³/mol. The van der Waals surface area contributed by atoms with E-state index >= 15 is 0 Å². The predicted octanol–water partition coefficient (Wildman–Crippen LogP) is 5.42. The Morgan fingerprint density at radius 2 is 2.16 bits per heavy atom. The maximum Gasteiger partial charge on any atom is 0.195 e. The first kappa shape index (κ1) is 18.1. The van der Waals surface area contributed by atoms with Gasteiger partial charge in [-0.05, 0) is 61.7 Å².